The van der Waals surface area contributed by atoms with Gasteiger partial charge in [0.15, 0.2) is 11.7 Å². The van der Waals surface area contributed by atoms with E-state index in [2.05, 4.69) is 22.0 Å². The molecule has 1 aromatic heterocycles. The van der Waals surface area contributed by atoms with Crippen molar-refractivity contribution in [2.24, 2.45) is 16.6 Å². The van der Waals surface area contributed by atoms with Crippen molar-refractivity contribution in [2.45, 2.75) is 26.3 Å². The molecule has 1 fully saturated rings. The average molecular weight is 426 g/mol. The Morgan fingerprint density at radius 3 is 2.70 bits per heavy atom. The topological polar surface area (TPSA) is 67.7 Å². The van der Waals surface area contributed by atoms with Crippen molar-refractivity contribution in [3.8, 4) is 11.3 Å². The number of benzene rings is 1. The van der Waals surface area contributed by atoms with Crippen LogP contribution < -0.4 is 5.73 Å². The monoisotopic (exact) mass is 426 g/mol. The van der Waals surface area contributed by atoms with Gasteiger partial charge in [-0.05, 0) is 18.8 Å². The quantitative estimate of drug-likeness (QED) is 0.464. The molecule has 0 amide bonds. The number of piperidine rings is 1. The number of guanidine groups is 1. The highest BCUT2D eigenvalue weighted by Crippen LogP contribution is 2.19. The number of rotatable bonds is 3. The second-order valence-corrected chi connectivity index (χ2v) is 5.89. The summed E-state index contributed by atoms with van der Waals surface area (Å²) in [6, 6.07) is 11.9. The number of halogens is 1. The lowest BCUT2D eigenvalue weighted by molar-refractivity contribution is 0.277. The van der Waals surface area contributed by atoms with Crippen LogP contribution in [0.1, 0.15) is 25.5 Å². The SMILES string of the molecule is CC1CCN(C(N)=NCc2cc(-c3ccccc3)no2)CC1.I. The Morgan fingerprint density at radius 2 is 2.00 bits per heavy atom. The summed E-state index contributed by atoms with van der Waals surface area (Å²) in [4.78, 5) is 6.58. The molecular weight excluding hydrogens is 403 g/mol. The van der Waals surface area contributed by atoms with Gasteiger partial charge in [0, 0.05) is 24.7 Å². The molecule has 23 heavy (non-hydrogen) atoms. The third-order valence-electron chi connectivity index (χ3n) is 4.13. The summed E-state index contributed by atoms with van der Waals surface area (Å²) < 4.78 is 5.34. The van der Waals surface area contributed by atoms with E-state index in [9.17, 15) is 0 Å². The summed E-state index contributed by atoms with van der Waals surface area (Å²) in [5, 5.41) is 4.09. The summed E-state index contributed by atoms with van der Waals surface area (Å²) in [5.74, 6) is 2.11. The Hall–Kier alpha value is -1.57. The van der Waals surface area contributed by atoms with Crippen molar-refractivity contribution in [2.75, 3.05) is 13.1 Å². The van der Waals surface area contributed by atoms with Crippen molar-refractivity contribution >= 4 is 29.9 Å². The van der Waals surface area contributed by atoms with Gasteiger partial charge in [0.05, 0.1) is 0 Å². The molecule has 0 unspecified atom stereocenters. The minimum atomic E-state index is 0. The Kier molecular flexibility index (Phi) is 6.44. The van der Waals surface area contributed by atoms with Crippen LogP contribution in [-0.4, -0.2) is 29.1 Å². The predicted molar refractivity (Wildman–Crippen MR) is 103 cm³/mol. The number of hydrogen-bond donors (Lipinski definition) is 1. The van der Waals surface area contributed by atoms with Crippen molar-refractivity contribution < 1.29 is 4.52 Å². The van der Waals surface area contributed by atoms with E-state index in [1.54, 1.807) is 0 Å². The molecule has 0 aliphatic carbocycles. The lowest BCUT2D eigenvalue weighted by atomic mass is 10.00. The number of nitrogens with two attached hydrogens (primary N) is 1. The van der Waals surface area contributed by atoms with Gasteiger partial charge in [-0.1, -0.05) is 42.4 Å². The summed E-state index contributed by atoms with van der Waals surface area (Å²) in [7, 11) is 0. The predicted octanol–water partition coefficient (Wildman–Crippen LogP) is 3.51. The Balaban J connectivity index is 0.00000192. The molecule has 0 saturated carbocycles. The first-order valence-electron chi connectivity index (χ1n) is 7.78. The second-order valence-electron chi connectivity index (χ2n) is 5.89. The number of aliphatic imine (C=N–C) groups is 1. The van der Waals surface area contributed by atoms with Crippen LogP contribution in [0.15, 0.2) is 45.9 Å². The van der Waals surface area contributed by atoms with Gasteiger partial charge in [0.2, 0.25) is 0 Å². The fourth-order valence-corrected chi connectivity index (χ4v) is 2.63. The number of likely N-dealkylation sites (tertiary alicyclic amines) is 1. The highest BCUT2D eigenvalue weighted by Gasteiger charge is 2.17. The van der Waals surface area contributed by atoms with Crippen molar-refractivity contribution in [1.82, 2.24) is 10.1 Å². The molecule has 2 aromatic rings. The van der Waals surface area contributed by atoms with E-state index in [1.807, 2.05) is 36.4 Å². The highest BCUT2D eigenvalue weighted by molar-refractivity contribution is 14.0. The molecule has 2 heterocycles. The third kappa shape index (κ3) is 4.70. The zero-order valence-corrected chi connectivity index (χ0v) is 15.6. The lowest BCUT2D eigenvalue weighted by Gasteiger charge is -2.30. The maximum absolute atomic E-state index is 6.07. The van der Waals surface area contributed by atoms with Crippen molar-refractivity contribution in [1.29, 1.82) is 0 Å². The fraction of sp³-hybridized carbons (Fsp3) is 0.412. The van der Waals surface area contributed by atoms with Gasteiger partial charge in [-0.2, -0.15) is 0 Å². The van der Waals surface area contributed by atoms with E-state index >= 15 is 0 Å². The van der Waals surface area contributed by atoms with Crippen LogP contribution >= 0.6 is 24.0 Å². The molecule has 3 rings (SSSR count). The van der Waals surface area contributed by atoms with Gasteiger partial charge in [0.1, 0.15) is 12.2 Å². The first-order valence-corrected chi connectivity index (χ1v) is 7.78. The smallest absolute Gasteiger partial charge is 0.191 e. The Bertz CT molecular complexity index is 633. The number of hydrogen-bond acceptors (Lipinski definition) is 3. The van der Waals surface area contributed by atoms with E-state index in [4.69, 9.17) is 10.3 Å². The summed E-state index contributed by atoms with van der Waals surface area (Å²) in [6.45, 7) is 4.69. The minimum absolute atomic E-state index is 0. The zero-order valence-electron chi connectivity index (χ0n) is 13.3. The fourth-order valence-electron chi connectivity index (χ4n) is 2.63. The van der Waals surface area contributed by atoms with Crippen LogP contribution in [0.25, 0.3) is 11.3 Å². The van der Waals surface area contributed by atoms with Crippen LogP contribution in [0, 0.1) is 5.92 Å². The molecule has 0 spiro atoms. The first kappa shape index (κ1) is 17.8. The Morgan fingerprint density at radius 1 is 1.30 bits per heavy atom. The summed E-state index contributed by atoms with van der Waals surface area (Å²) in [6.07, 6.45) is 2.35. The van der Waals surface area contributed by atoms with Gasteiger partial charge < -0.3 is 15.2 Å². The van der Waals surface area contributed by atoms with E-state index in [1.165, 1.54) is 12.8 Å². The molecule has 2 N–H and O–H groups in total. The third-order valence-corrected chi connectivity index (χ3v) is 4.13. The van der Waals surface area contributed by atoms with Crippen LogP contribution in [0.2, 0.25) is 0 Å². The van der Waals surface area contributed by atoms with Crippen LogP contribution in [0.3, 0.4) is 0 Å². The minimum Gasteiger partial charge on any atom is -0.370 e. The second kappa shape index (κ2) is 8.33. The van der Waals surface area contributed by atoms with Crippen LogP contribution in [0.4, 0.5) is 0 Å². The van der Waals surface area contributed by atoms with Gasteiger partial charge >= 0.3 is 0 Å². The van der Waals surface area contributed by atoms with E-state index in [0.717, 1.165) is 36.0 Å². The normalized spacial score (nSPS) is 16.2. The zero-order chi connectivity index (χ0) is 15.4. The van der Waals surface area contributed by atoms with Crippen LogP contribution in [-0.2, 0) is 6.54 Å². The molecule has 1 aromatic carbocycles. The summed E-state index contributed by atoms with van der Waals surface area (Å²) >= 11 is 0. The van der Waals surface area contributed by atoms with Gasteiger partial charge in [-0.25, -0.2) is 4.99 Å². The molecule has 5 nitrogen and oxygen atoms in total. The molecule has 0 radical (unpaired) electrons. The summed E-state index contributed by atoms with van der Waals surface area (Å²) in [5.41, 5.74) is 7.94. The molecular formula is C17H23IN4O. The Labute approximate surface area is 154 Å². The molecule has 1 aliphatic rings. The standard InChI is InChI=1S/C17H22N4O.HI/c1-13-7-9-21(10-8-13)17(18)19-12-15-11-16(20-22-15)14-5-3-2-4-6-14;/h2-6,11,13H,7-10,12H2,1H3,(H2,18,19);1H. The highest BCUT2D eigenvalue weighted by atomic mass is 127. The molecule has 0 bridgehead atoms. The molecule has 1 aliphatic heterocycles. The van der Waals surface area contributed by atoms with Crippen molar-refractivity contribution in [3.63, 3.8) is 0 Å². The maximum atomic E-state index is 6.07. The van der Waals surface area contributed by atoms with Gasteiger partial charge in [-0.3, -0.25) is 0 Å². The molecule has 6 heteroatoms. The van der Waals surface area contributed by atoms with Gasteiger partial charge in [-0.15, -0.1) is 24.0 Å². The average Bonchev–Trinajstić information content (AvgIpc) is 3.03. The molecule has 1 saturated heterocycles. The number of aromatic nitrogens is 1. The largest absolute Gasteiger partial charge is 0.370 e. The number of nitrogens with zero attached hydrogens (tertiary/aromatic N) is 3. The van der Waals surface area contributed by atoms with Crippen molar-refractivity contribution in [3.05, 3.63) is 42.2 Å². The van der Waals surface area contributed by atoms with Gasteiger partial charge in [0.25, 0.3) is 0 Å². The van der Waals surface area contributed by atoms with Crippen LogP contribution in [0.5, 0.6) is 0 Å². The van der Waals surface area contributed by atoms with E-state index < -0.39 is 0 Å². The first-order chi connectivity index (χ1) is 10.7. The molecule has 124 valence electrons. The molecule has 0 atom stereocenters. The lowest BCUT2D eigenvalue weighted by Crippen LogP contribution is -2.42. The maximum Gasteiger partial charge on any atom is 0.191 e. The van der Waals surface area contributed by atoms with E-state index in [0.29, 0.717) is 12.5 Å². The van der Waals surface area contributed by atoms with E-state index in [-0.39, 0.29) is 24.0 Å².